The van der Waals surface area contributed by atoms with Gasteiger partial charge in [0.15, 0.2) is 0 Å². The zero-order valence-electron chi connectivity index (χ0n) is 9.05. The lowest BCUT2D eigenvalue weighted by Gasteiger charge is -2.32. The number of piperidine rings is 1. The Morgan fingerprint density at radius 2 is 2.40 bits per heavy atom. The predicted octanol–water partition coefficient (Wildman–Crippen LogP) is -0.0512. The molecule has 1 saturated heterocycles. The average molecular weight is 209 g/mol. The molecule has 2 heterocycles. The number of likely N-dealkylation sites (tertiary alicyclic amines) is 1. The molecule has 1 aliphatic heterocycles. The van der Waals surface area contributed by atoms with E-state index in [4.69, 9.17) is 5.73 Å². The third kappa shape index (κ3) is 3.00. The van der Waals surface area contributed by atoms with Crippen molar-refractivity contribution in [2.24, 2.45) is 11.7 Å². The van der Waals surface area contributed by atoms with Crippen LogP contribution in [0.1, 0.15) is 12.8 Å². The van der Waals surface area contributed by atoms with Crippen molar-refractivity contribution in [3.63, 3.8) is 0 Å². The molecule has 0 amide bonds. The van der Waals surface area contributed by atoms with E-state index in [9.17, 15) is 0 Å². The molecule has 15 heavy (non-hydrogen) atoms. The molecule has 5 nitrogen and oxygen atoms in total. The van der Waals surface area contributed by atoms with E-state index in [2.05, 4.69) is 15.0 Å². The van der Waals surface area contributed by atoms with Crippen LogP contribution in [0.15, 0.2) is 12.7 Å². The van der Waals surface area contributed by atoms with E-state index in [1.165, 1.54) is 19.4 Å². The van der Waals surface area contributed by atoms with Crippen LogP contribution in [0, 0.1) is 5.92 Å². The van der Waals surface area contributed by atoms with Gasteiger partial charge in [-0.25, -0.2) is 4.98 Å². The van der Waals surface area contributed by atoms with Crippen molar-refractivity contribution in [2.45, 2.75) is 19.4 Å². The van der Waals surface area contributed by atoms with Crippen LogP contribution >= 0.6 is 0 Å². The van der Waals surface area contributed by atoms with Gasteiger partial charge in [0.05, 0.1) is 0 Å². The maximum atomic E-state index is 5.57. The molecule has 84 valence electrons. The molecule has 1 fully saturated rings. The molecule has 0 aliphatic carbocycles. The maximum absolute atomic E-state index is 5.57. The van der Waals surface area contributed by atoms with Crippen molar-refractivity contribution in [3.8, 4) is 0 Å². The molecule has 0 spiro atoms. The van der Waals surface area contributed by atoms with E-state index in [0.29, 0.717) is 5.92 Å². The Kier molecular flexibility index (Phi) is 3.69. The molecular formula is C10H19N5. The highest BCUT2D eigenvalue weighted by atomic mass is 15.3. The summed E-state index contributed by atoms with van der Waals surface area (Å²) in [4.78, 5) is 6.41. The van der Waals surface area contributed by atoms with Crippen molar-refractivity contribution >= 4 is 0 Å². The molecule has 1 aliphatic rings. The van der Waals surface area contributed by atoms with E-state index in [-0.39, 0.29) is 0 Å². The van der Waals surface area contributed by atoms with Gasteiger partial charge < -0.3 is 10.6 Å². The predicted molar refractivity (Wildman–Crippen MR) is 58.2 cm³/mol. The fraction of sp³-hybridized carbons (Fsp3) is 0.800. The summed E-state index contributed by atoms with van der Waals surface area (Å²) in [7, 11) is 0. The summed E-state index contributed by atoms with van der Waals surface area (Å²) in [6.07, 6.45) is 5.96. The fourth-order valence-electron chi connectivity index (χ4n) is 2.28. The van der Waals surface area contributed by atoms with Crippen LogP contribution in [-0.4, -0.2) is 45.8 Å². The van der Waals surface area contributed by atoms with Gasteiger partial charge in [-0.3, -0.25) is 4.68 Å². The van der Waals surface area contributed by atoms with Crippen LogP contribution < -0.4 is 5.73 Å². The summed E-state index contributed by atoms with van der Waals surface area (Å²) in [5, 5.41) is 4.14. The molecule has 1 unspecified atom stereocenters. The van der Waals surface area contributed by atoms with Gasteiger partial charge in [-0.05, 0) is 25.3 Å². The summed E-state index contributed by atoms with van der Waals surface area (Å²) >= 11 is 0. The number of nitrogens with two attached hydrogens (primary N) is 1. The van der Waals surface area contributed by atoms with Crippen molar-refractivity contribution in [3.05, 3.63) is 12.7 Å². The first-order valence-electron chi connectivity index (χ1n) is 5.63. The van der Waals surface area contributed by atoms with E-state index >= 15 is 0 Å². The number of hydrogen-bond acceptors (Lipinski definition) is 4. The van der Waals surface area contributed by atoms with Gasteiger partial charge in [0.1, 0.15) is 12.7 Å². The van der Waals surface area contributed by atoms with E-state index in [0.717, 1.165) is 26.2 Å². The molecule has 1 aromatic rings. The molecule has 2 rings (SSSR count). The zero-order valence-corrected chi connectivity index (χ0v) is 9.05. The van der Waals surface area contributed by atoms with Crippen molar-refractivity contribution < 1.29 is 0 Å². The smallest absolute Gasteiger partial charge is 0.137 e. The second-order valence-electron chi connectivity index (χ2n) is 4.22. The van der Waals surface area contributed by atoms with Crippen molar-refractivity contribution in [2.75, 3.05) is 26.2 Å². The van der Waals surface area contributed by atoms with Crippen LogP contribution in [0.5, 0.6) is 0 Å². The standard InChI is InChI=1S/C10H19N5/c11-3-5-14-4-1-2-10(6-14)7-15-9-12-8-13-15/h8-10H,1-7,11H2. The topological polar surface area (TPSA) is 60.0 Å². The number of nitrogens with zero attached hydrogens (tertiary/aromatic N) is 4. The summed E-state index contributed by atoms with van der Waals surface area (Å²) in [6.45, 7) is 5.12. The first kappa shape index (κ1) is 10.6. The van der Waals surface area contributed by atoms with Gasteiger partial charge >= 0.3 is 0 Å². The first-order valence-corrected chi connectivity index (χ1v) is 5.63. The largest absolute Gasteiger partial charge is 0.329 e. The lowest BCUT2D eigenvalue weighted by molar-refractivity contribution is 0.163. The second kappa shape index (κ2) is 5.23. The van der Waals surface area contributed by atoms with Crippen LogP contribution in [0.3, 0.4) is 0 Å². The Bertz CT molecular complexity index is 269. The third-order valence-electron chi connectivity index (χ3n) is 2.96. The quantitative estimate of drug-likeness (QED) is 0.755. The maximum Gasteiger partial charge on any atom is 0.137 e. The Labute approximate surface area is 90.3 Å². The first-order chi connectivity index (χ1) is 7.38. The van der Waals surface area contributed by atoms with Crippen molar-refractivity contribution in [1.82, 2.24) is 19.7 Å². The molecule has 0 saturated carbocycles. The highest BCUT2D eigenvalue weighted by molar-refractivity contribution is 4.73. The SMILES string of the molecule is NCCN1CCCC(Cn2cncn2)C1. The Hall–Kier alpha value is -0.940. The van der Waals surface area contributed by atoms with Gasteiger partial charge in [0, 0.05) is 26.2 Å². The highest BCUT2D eigenvalue weighted by Crippen LogP contribution is 2.17. The second-order valence-corrected chi connectivity index (χ2v) is 4.22. The molecule has 0 aromatic carbocycles. The van der Waals surface area contributed by atoms with Gasteiger partial charge in [-0.15, -0.1) is 0 Å². The van der Waals surface area contributed by atoms with Gasteiger partial charge in [0.2, 0.25) is 0 Å². The molecule has 1 aromatic heterocycles. The fourth-order valence-corrected chi connectivity index (χ4v) is 2.28. The minimum absolute atomic E-state index is 0.701. The summed E-state index contributed by atoms with van der Waals surface area (Å²) in [5.41, 5.74) is 5.57. The summed E-state index contributed by atoms with van der Waals surface area (Å²) in [5.74, 6) is 0.701. The van der Waals surface area contributed by atoms with Crippen LogP contribution in [-0.2, 0) is 6.54 Å². The van der Waals surface area contributed by atoms with Crippen molar-refractivity contribution in [1.29, 1.82) is 0 Å². The molecule has 1 atom stereocenters. The van der Waals surface area contributed by atoms with Crippen LogP contribution in [0.2, 0.25) is 0 Å². The lowest BCUT2D eigenvalue weighted by atomic mass is 9.98. The highest BCUT2D eigenvalue weighted by Gasteiger charge is 2.19. The lowest BCUT2D eigenvalue weighted by Crippen LogP contribution is -2.39. The number of hydrogen-bond donors (Lipinski definition) is 1. The minimum atomic E-state index is 0.701. The van der Waals surface area contributed by atoms with Crippen LogP contribution in [0.4, 0.5) is 0 Å². The Morgan fingerprint density at radius 1 is 1.47 bits per heavy atom. The van der Waals surface area contributed by atoms with Crippen LogP contribution in [0.25, 0.3) is 0 Å². The molecule has 5 heteroatoms. The third-order valence-corrected chi connectivity index (χ3v) is 2.96. The van der Waals surface area contributed by atoms with E-state index in [1.807, 2.05) is 4.68 Å². The number of rotatable bonds is 4. The number of aromatic nitrogens is 3. The van der Waals surface area contributed by atoms with Gasteiger partial charge in [-0.1, -0.05) is 0 Å². The Morgan fingerprint density at radius 3 is 3.13 bits per heavy atom. The van der Waals surface area contributed by atoms with E-state index in [1.54, 1.807) is 12.7 Å². The molecular weight excluding hydrogens is 190 g/mol. The average Bonchev–Trinajstić information content (AvgIpc) is 2.71. The monoisotopic (exact) mass is 209 g/mol. The summed E-state index contributed by atoms with van der Waals surface area (Å²) < 4.78 is 1.93. The zero-order chi connectivity index (χ0) is 10.5. The molecule has 0 bridgehead atoms. The van der Waals surface area contributed by atoms with Gasteiger partial charge in [-0.2, -0.15) is 5.10 Å². The van der Waals surface area contributed by atoms with E-state index < -0.39 is 0 Å². The minimum Gasteiger partial charge on any atom is -0.329 e. The molecule has 0 radical (unpaired) electrons. The molecule has 2 N–H and O–H groups in total. The van der Waals surface area contributed by atoms with Gasteiger partial charge in [0.25, 0.3) is 0 Å². The normalized spacial score (nSPS) is 23.1. The Balaban J connectivity index is 1.82. The summed E-state index contributed by atoms with van der Waals surface area (Å²) in [6, 6.07) is 0.